The standard InChI is InChI=1S/C13H19N.C2H6/c1-10(2)8-12-5-3-4-11-6-7-14-9-13(11)12;1-2/h3-5,10,14H,6-9H2,1-2H3;1-2H3. The maximum Gasteiger partial charge on any atom is 0.0211 e. The van der Waals surface area contributed by atoms with Crippen LogP contribution in [0, 0.1) is 5.92 Å². The highest BCUT2D eigenvalue weighted by atomic mass is 14.9. The summed E-state index contributed by atoms with van der Waals surface area (Å²) in [5.41, 5.74) is 4.67. The summed E-state index contributed by atoms with van der Waals surface area (Å²) in [6.07, 6.45) is 2.41. The highest BCUT2D eigenvalue weighted by Crippen LogP contribution is 2.20. The van der Waals surface area contributed by atoms with Gasteiger partial charge in [-0.05, 0) is 42.0 Å². The average Bonchev–Trinajstić information content (AvgIpc) is 2.31. The summed E-state index contributed by atoms with van der Waals surface area (Å²) < 4.78 is 0. The summed E-state index contributed by atoms with van der Waals surface area (Å²) in [5, 5.41) is 3.45. The molecule has 0 saturated heterocycles. The van der Waals surface area contributed by atoms with Crippen LogP contribution >= 0.6 is 0 Å². The highest BCUT2D eigenvalue weighted by molar-refractivity contribution is 5.37. The van der Waals surface area contributed by atoms with Crippen LogP contribution in [-0.4, -0.2) is 6.54 Å². The van der Waals surface area contributed by atoms with Crippen molar-refractivity contribution in [1.82, 2.24) is 5.32 Å². The van der Waals surface area contributed by atoms with E-state index in [0.717, 1.165) is 19.0 Å². The molecule has 0 saturated carbocycles. The molecule has 0 spiro atoms. The third-order valence-electron chi connectivity index (χ3n) is 2.87. The zero-order valence-electron chi connectivity index (χ0n) is 11.1. The van der Waals surface area contributed by atoms with Gasteiger partial charge in [0.05, 0.1) is 0 Å². The lowest BCUT2D eigenvalue weighted by atomic mass is 9.91. The smallest absolute Gasteiger partial charge is 0.0211 e. The van der Waals surface area contributed by atoms with E-state index in [0.29, 0.717) is 0 Å². The van der Waals surface area contributed by atoms with E-state index in [9.17, 15) is 0 Å². The molecule has 16 heavy (non-hydrogen) atoms. The molecule has 1 N–H and O–H groups in total. The van der Waals surface area contributed by atoms with Crippen molar-refractivity contribution in [3.63, 3.8) is 0 Å². The molecule has 0 aliphatic carbocycles. The topological polar surface area (TPSA) is 12.0 Å². The molecule has 0 atom stereocenters. The lowest BCUT2D eigenvalue weighted by Gasteiger charge is -2.21. The van der Waals surface area contributed by atoms with E-state index in [2.05, 4.69) is 37.4 Å². The van der Waals surface area contributed by atoms with Crippen LogP contribution in [0.4, 0.5) is 0 Å². The van der Waals surface area contributed by atoms with Crippen LogP contribution < -0.4 is 5.32 Å². The molecule has 0 unspecified atom stereocenters. The van der Waals surface area contributed by atoms with Gasteiger partial charge in [0.1, 0.15) is 0 Å². The van der Waals surface area contributed by atoms with Crippen LogP contribution in [0.5, 0.6) is 0 Å². The third-order valence-corrected chi connectivity index (χ3v) is 2.87. The van der Waals surface area contributed by atoms with Crippen LogP contribution in [0.3, 0.4) is 0 Å². The van der Waals surface area contributed by atoms with Gasteiger partial charge in [-0.25, -0.2) is 0 Å². The first-order valence-corrected chi connectivity index (χ1v) is 6.57. The zero-order chi connectivity index (χ0) is 12.0. The Morgan fingerprint density at radius 3 is 2.69 bits per heavy atom. The molecule has 1 nitrogen and oxygen atoms in total. The largest absolute Gasteiger partial charge is 0.312 e. The molecule has 0 amide bonds. The van der Waals surface area contributed by atoms with Gasteiger partial charge in [-0.3, -0.25) is 0 Å². The SMILES string of the molecule is CC.CC(C)Cc1cccc2c1CNCC2. The Hall–Kier alpha value is -0.820. The average molecular weight is 219 g/mol. The second kappa shape index (κ2) is 6.70. The van der Waals surface area contributed by atoms with Crippen molar-refractivity contribution in [1.29, 1.82) is 0 Å². The number of hydrogen-bond acceptors (Lipinski definition) is 1. The van der Waals surface area contributed by atoms with Crippen molar-refractivity contribution in [2.75, 3.05) is 6.54 Å². The first-order valence-electron chi connectivity index (χ1n) is 6.57. The molecule has 0 radical (unpaired) electrons. The van der Waals surface area contributed by atoms with Crippen molar-refractivity contribution in [2.24, 2.45) is 5.92 Å². The molecule has 0 fully saturated rings. The maximum atomic E-state index is 3.45. The Kier molecular flexibility index (Phi) is 5.54. The Labute approximate surface area is 100 Å². The number of rotatable bonds is 2. The molecular formula is C15H25N. The van der Waals surface area contributed by atoms with Crippen LogP contribution in [-0.2, 0) is 19.4 Å². The maximum absolute atomic E-state index is 3.45. The minimum Gasteiger partial charge on any atom is -0.312 e. The van der Waals surface area contributed by atoms with Gasteiger partial charge in [0.25, 0.3) is 0 Å². The summed E-state index contributed by atoms with van der Waals surface area (Å²) in [7, 11) is 0. The molecule has 1 aliphatic rings. The van der Waals surface area contributed by atoms with Crippen molar-refractivity contribution in [3.8, 4) is 0 Å². The van der Waals surface area contributed by atoms with Gasteiger partial charge in [0.15, 0.2) is 0 Å². The summed E-state index contributed by atoms with van der Waals surface area (Å²) in [6, 6.07) is 6.77. The van der Waals surface area contributed by atoms with Crippen LogP contribution in [0.15, 0.2) is 18.2 Å². The van der Waals surface area contributed by atoms with E-state index in [-0.39, 0.29) is 0 Å². The molecule has 90 valence electrons. The van der Waals surface area contributed by atoms with E-state index < -0.39 is 0 Å². The normalized spacial score (nSPS) is 14.1. The molecule has 1 heterocycles. The van der Waals surface area contributed by atoms with Gasteiger partial charge in [-0.2, -0.15) is 0 Å². The Bertz CT molecular complexity index is 315. The fourth-order valence-electron chi connectivity index (χ4n) is 2.22. The molecule has 1 aromatic carbocycles. The van der Waals surface area contributed by atoms with Crippen LogP contribution in [0.2, 0.25) is 0 Å². The predicted octanol–water partition coefficient (Wildman–Crippen LogP) is 3.56. The van der Waals surface area contributed by atoms with Crippen molar-refractivity contribution in [2.45, 2.75) is 47.1 Å². The van der Waals surface area contributed by atoms with Crippen molar-refractivity contribution < 1.29 is 0 Å². The summed E-state index contributed by atoms with van der Waals surface area (Å²) in [6.45, 7) is 10.8. The van der Waals surface area contributed by atoms with E-state index in [1.54, 1.807) is 16.7 Å². The Balaban J connectivity index is 0.000000606. The number of fused-ring (bicyclic) bond motifs is 1. The van der Waals surface area contributed by atoms with Crippen molar-refractivity contribution >= 4 is 0 Å². The van der Waals surface area contributed by atoms with Crippen LogP contribution in [0.25, 0.3) is 0 Å². The molecule has 1 heteroatoms. The zero-order valence-corrected chi connectivity index (χ0v) is 11.1. The predicted molar refractivity (Wildman–Crippen MR) is 71.7 cm³/mol. The summed E-state index contributed by atoms with van der Waals surface area (Å²) >= 11 is 0. The second-order valence-corrected chi connectivity index (χ2v) is 4.58. The molecule has 2 rings (SSSR count). The third kappa shape index (κ3) is 3.34. The Morgan fingerprint density at radius 2 is 2.00 bits per heavy atom. The second-order valence-electron chi connectivity index (χ2n) is 4.58. The minimum atomic E-state index is 0.753. The summed E-state index contributed by atoms with van der Waals surface area (Å²) in [5.74, 6) is 0.753. The van der Waals surface area contributed by atoms with E-state index >= 15 is 0 Å². The lowest BCUT2D eigenvalue weighted by Crippen LogP contribution is -2.25. The van der Waals surface area contributed by atoms with Crippen LogP contribution in [0.1, 0.15) is 44.4 Å². The number of nitrogens with one attached hydrogen (secondary N) is 1. The molecular weight excluding hydrogens is 194 g/mol. The van der Waals surface area contributed by atoms with Gasteiger partial charge in [0.2, 0.25) is 0 Å². The van der Waals surface area contributed by atoms with Gasteiger partial charge in [-0.15, -0.1) is 0 Å². The van der Waals surface area contributed by atoms with E-state index in [4.69, 9.17) is 0 Å². The van der Waals surface area contributed by atoms with Gasteiger partial charge in [0, 0.05) is 6.54 Å². The summed E-state index contributed by atoms with van der Waals surface area (Å²) in [4.78, 5) is 0. The van der Waals surface area contributed by atoms with Gasteiger partial charge < -0.3 is 5.32 Å². The first kappa shape index (κ1) is 13.2. The minimum absolute atomic E-state index is 0.753. The van der Waals surface area contributed by atoms with Crippen molar-refractivity contribution in [3.05, 3.63) is 34.9 Å². The molecule has 1 aromatic rings. The molecule has 0 bridgehead atoms. The quantitative estimate of drug-likeness (QED) is 0.802. The highest BCUT2D eigenvalue weighted by Gasteiger charge is 2.12. The van der Waals surface area contributed by atoms with Gasteiger partial charge in [-0.1, -0.05) is 45.9 Å². The van der Waals surface area contributed by atoms with Gasteiger partial charge >= 0.3 is 0 Å². The lowest BCUT2D eigenvalue weighted by molar-refractivity contribution is 0.609. The van der Waals surface area contributed by atoms with E-state index in [1.807, 2.05) is 13.8 Å². The number of hydrogen-bond donors (Lipinski definition) is 1. The van der Waals surface area contributed by atoms with E-state index in [1.165, 1.54) is 12.8 Å². The Morgan fingerprint density at radius 1 is 1.25 bits per heavy atom. The molecule has 0 aromatic heterocycles. The fraction of sp³-hybridized carbons (Fsp3) is 0.600. The molecule has 1 aliphatic heterocycles. The monoisotopic (exact) mass is 219 g/mol. The first-order chi connectivity index (χ1) is 7.77. The fourth-order valence-corrected chi connectivity index (χ4v) is 2.22. The number of benzene rings is 1.